The molecule has 20 nitrogen and oxygen atoms in total. The maximum Gasteiger partial charge on any atom is 0.323 e. The first kappa shape index (κ1) is 55.7. The number of likely N-dealkylation sites (N-methyl/N-ethyl adjacent to an activating group) is 1. The van der Waals surface area contributed by atoms with Gasteiger partial charge in [0, 0.05) is 106 Å². The topological polar surface area (TPSA) is 242 Å². The van der Waals surface area contributed by atoms with Crippen molar-refractivity contribution in [3.8, 4) is 23.0 Å². The molecule has 11 rings (SSSR count). The molecule has 24 heteroatoms. The number of nitrogens with two attached hydrogens (primary N) is 2. The van der Waals surface area contributed by atoms with Gasteiger partial charge in [0.25, 0.3) is 0 Å². The van der Waals surface area contributed by atoms with Crippen LogP contribution in [0.1, 0.15) is 32.1 Å². The molecule has 5 fully saturated rings. The maximum atomic E-state index is 16.7. The van der Waals surface area contributed by atoms with E-state index in [-0.39, 0.29) is 70.9 Å². The number of piperazine rings is 1. The highest BCUT2D eigenvalue weighted by Gasteiger charge is 2.79. The van der Waals surface area contributed by atoms with Gasteiger partial charge < -0.3 is 35.6 Å². The maximum absolute atomic E-state index is 16.7. The first-order valence-electron chi connectivity index (χ1n) is 27.1. The molecule has 6 aromatic rings. The third kappa shape index (κ3) is 11.2. The van der Waals surface area contributed by atoms with Gasteiger partial charge in [-0.15, -0.1) is 0 Å². The Hall–Kier alpha value is -9.16. The molecule has 6 N–H and O–H groups in total. The summed E-state index contributed by atoms with van der Waals surface area (Å²) in [4.78, 5) is 102. The summed E-state index contributed by atoms with van der Waals surface area (Å²) in [5, 5.41) is 5.49. The Morgan fingerprint density at radius 3 is 1.34 bits per heavy atom. The monoisotopic (exact) mass is 1140 g/mol. The van der Waals surface area contributed by atoms with Gasteiger partial charge in [0.05, 0.1) is 11.4 Å². The van der Waals surface area contributed by atoms with Crippen molar-refractivity contribution in [1.82, 2.24) is 29.6 Å². The molecule has 0 bridgehead atoms. The molecule has 4 aromatic carbocycles. The molecule has 430 valence electrons. The van der Waals surface area contributed by atoms with Gasteiger partial charge in [-0.1, -0.05) is 0 Å². The summed E-state index contributed by atoms with van der Waals surface area (Å²) >= 11 is 0. The summed E-state index contributed by atoms with van der Waals surface area (Å²) in [7, 11) is 2.11. The number of aromatic nitrogens is 2. The fourth-order valence-electron chi connectivity index (χ4n) is 11.5. The SMILES string of the molecule is CN1CCN(C2CCN(C(=O)Nc3cc(Oc4ccc(N(C(=O)C5(C(N)=O)CC5C5CC5(C(N)=O)C(=O)N(c5ccc(F)cc5)c5ccc(Oc6ccnc(NC(=O)N7CCC7)c6)cc5F)c5ccc(F)cc5)c(F)c4)ccn3)CC2)CC1. The van der Waals surface area contributed by atoms with E-state index < -0.39 is 80.9 Å². The van der Waals surface area contributed by atoms with Crippen LogP contribution in [-0.2, 0) is 19.2 Å². The van der Waals surface area contributed by atoms with Gasteiger partial charge in [-0.05, 0) is 136 Å². The number of piperidine rings is 1. The van der Waals surface area contributed by atoms with Crippen LogP contribution in [0.2, 0.25) is 0 Å². The largest absolute Gasteiger partial charge is 0.457 e. The summed E-state index contributed by atoms with van der Waals surface area (Å²) in [6.45, 7) is 6.37. The minimum Gasteiger partial charge on any atom is -0.457 e. The third-order valence-electron chi connectivity index (χ3n) is 16.4. The molecule has 83 heavy (non-hydrogen) atoms. The number of carbonyl (C=O) groups is 6. The minimum atomic E-state index is -2.19. The van der Waals surface area contributed by atoms with Crippen LogP contribution in [0.25, 0.3) is 0 Å². The van der Waals surface area contributed by atoms with Gasteiger partial charge in [0.1, 0.15) is 57.1 Å². The molecular formula is C59H58F4N12O8. The van der Waals surface area contributed by atoms with Crippen molar-refractivity contribution < 1.29 is 55.8 Å². The Kier molecular flexibility index (Phi) is 15.2. The Labute approximate surface area is 473 Å². The number of amides is 8. The lowest BCUT2D eigenvalue weighted by molar-refractivity contribution is -0.137. The normalized spacial score (nSPS) is 21.5. The van der Waals surface area contributed by atoms with Crippen molar-refractivity contribution in [2.45, 2.75) is 38.1 Å². The summed E-state index contributed by atoms with van der Waals surface area (Å²) in [6, 6.07) is 21.5. The zero-order valence-electron chi connectivity index (χ0n) is 45.0. The second kappa shape index (κ2) is 22.6. The number of anilines is 6. The minimum absolute atomic E-state index is 0.0416. The number of hydrogen-bond acceptors (Lipinski definition) is 12. The summed E-state index contributed by atoms with van der Waals surface area (Å²) in [6.07, 6.45) is 4.70. The van der Waals surface area contributed by atoms with E-state index in [0.717, 1.165) is 91.6 Å². The summed E-state index contributed by atoms with van der Waals surface area (Å²) < 4.78 is 74.1. The number of benzene rings is 4. The lowest BCUT2D eigenvalue weighted by atomic mass is 9.91. The second-order valence-electron chi connectivity index (χ2n) is 21.5. The van der Waals surface area contributed by atoms with Crippen molar-refractivity contribution in [3.05, 3.63) is 145 Å². The highest BCUT2D eigenvalue weighted by atomic mass is 19.1. The van der Waals surface area contributed by atoms with E-state index in [2.05, 4.69) is 37.4 Å². The lowest BCUT2D eigenvalue weighted by Crippen LogP contribution is -2.53. The highest BCUT2D eigenvalue weighted by Crippen LogP contribution is 2.71. The highest BCUT2D eigenvalue weighted by molar-refractivity contribution is 6.20. The van der Waals surface area contributed by atoms with Crippen LogP contribution in [0.5, 0.6) is 23.0 Å². The zero-order chi connectivity index (χ0) is 58.3. The van der Waals surface area contributed by atoms with Gasteiger partial charge in [-0.2, -0.15) is 0 Å². The number of primary amides is 2. The predicted octanol–water partition coefficient (Wildman–Crippen LogP) is 8.11. The van der Waals surface area contributed by atoms with Gasteiger partial charge in [-0.3, -0.25) is 44.5 Å². The first-order chi connectivity index (χ1) is 39.9. The average molecular weight is 1140 g/mol. The van der Waals surface area contributed by atoms with Crippen LogP contribution in [0, 0.1) is 45.9 Å². The molecule has 5 aliphatic rings. The number of rotatable bonds is 16. The molecule has 3 saturated heterocycles. The molecular weight excluding hydrogens is 1080 g/mol. The Balaban J connectivity index is 0.814. The van der Waals surface area contributed by atoms with E-state index in [0.29, 0.717) is 32.2 Å². The van der Waals surface area contributed by atoms with E-state index in [1.165, 1.54) is 85.2 Å². The van der Waals surface area contributed by atoms with Crippen LogP contribution < -0.4 is 41.4 Å². The fraction of sp³-hybridized carbons (Fsp3) is 0.322. The number of nitrogens with one attached hydrogen (secondary N) is 2. The van der Waals surface area contributed by atoms with Crippen LogP contribution in [0.3, 0.4) is 0 Å². The molecule has 2 aromatic heterocycles. The van der Waals surface area contributed by atoms with E-state index in [9.17, 15) is 28.0 Å². The van der Waals surface area contributed by atoms with Crippen molar-refractivity contribution in [2.75, 3.05) is 79.8 Å². The number of carbonyl (C=O) groups excluding carboxylic acids is 6. The number of likely N-dealkylation sites (tertiary alicyclic amines) is 2. The van der Waals surface area contributed by atoms with Crippen LogP contribution in [0.4, 0.5) is 61.5 Å². The van der Waals surface area contributed by atoms with Crippen LogP contribution in [-0.4, -0.2) is 131 Å². The molecule has 2 aliphatic carbocycles. The lowest BCUT2D eigenvalue weighted by Gasteiger charge is -2.42. The molecule has 5 heterocycles. The number of ether oxygens (including phenoxy) is 2. The molecule has 0 radical (unpaired) electrons. The molecule has 3 aliphatic heterocycles. The summed E-state index contributed by atoms with van der Waals surface area (Å²) in [5.74, 6) is -9.63. The van der Waals surface area contributed by atoms with Gasteiger partial charge in [0.2, 0.25) is 23.6 Å². The predicted molar refractivity (Wildman–Crippen MR) is 296 cm³/mol. The molecule has 2 saturated carbocycles. The van der Waals surface area contributed by atoms with E-state index in [1.807, 2.05) is 0 Å². The smallest absolute Gasteiger partial charge is 0.323 e. The van der Waals surface area contributed by atoms with Crippen LogP contribution in [0.15, 0.2) is 122 Å². The van der Waals surface area contributed by atoms with Gasteiger partial charge in [0.15, 0.2) is 11.6 Å². The fourth-order valence-corrected chi connectivity index (χ4v) is 11.5. The number of halogens is 4. The summed E-state index contributed by atoms with van der Waals surface area (Å²) in [5.41, 5.74) is 6.81. The molecule has 4 atom stereocenters. The molecule has 0 spiro atoms. The standard InChI is InChI=1S/C59H58F4N12O8/c1-70-25-27-71(28-26-70)37-17-23-73(24-18-37)57(81)69-51-32-43(16-20-67-51)83-41-12-14-49(47(63)30-41)75(39-9-5-36(61)6-10-39)55(79)59(53(65)77)34-45(59)44-33-58(44,52(64)76)54(78)74(38-7-3-35(60)4-8-38)48-13-11-40(29-46(48)62)82-42-15-19-66-50(31-42)68-56(80)72-21-2-22-72/h3-16,19-20,29-32,37,44-45H,2,17-18,21-28,33-34H2,1H3,(H2,64,76)(H2,65,77)(H,66,68,80)(H,67,69,81). The Morgan fingerprint density at radius 2 is 0.952 bits per heavy atom. The van der Waals surface area contributed by atoms with E-state index in [1.54, 1.807) is 9.80 Å². The number of nitrogens with zero attached hydrogens (tertiary/aromatic N) is 8. The zero-order valence-corrected chi connectivity index (χ0v) is 45.0. The Bertz CT molecular complexity index is 3510. The van der Waals surface area contributed by atoms with Gasteiger partial charge >= 0.3 is 12.1 Å². The van der Waals surface area contributed by atoms with Crippen LogP contribution >= 0.6 is 0 Å². The van der Waals surface area contributed by atoms with Crippen molar-refractivity contribution in [1.29, 1.82) is 0 Å². The van der Waals surface area contributed by atoms with Gasteiger partial charge in [-0.25, -0.2) is 37.1 Å². The number of hydrogen-bond donors (Lipinski definition) is 4. The molecule has 4 unspecified atom stereocenters. The third-order valence-corrected chi connectivity index (χ3v) is 16.4. The number of pyridine rings is 2. The van der Waals surface area contributed by atoms with Crippen molar-refractivity contribution >= 4 is 70.1 Å². The Morgan fingerprint density at radius 1 is 0.542 bits per heavy atom. The first-order valence-corrected chi connectivity index (χ1v) is 27.1. The van der Waals surface area contributed by atoms with E-state index in [4.69, 9.17) is 20.9 Å². The van der Waals surface area contributed by atoms with Crippen molar-refractivity contribution in [2.24, 2.45) is 34.1 Å². The quantitative estimate of drug-likeness (QED) is 0.0531. The van der Waals surface area contributed by atoms with E-state index >= 15 is 18.4 Å². The molecule has 8 amide bonds. The average Bonchev–Trinajstić information content (AvgIpc) is 1.58. The van der Waals surface area contributed by atoms with Crippen molar-refractivity contribution in [3.63, 3.8) is 0 Å². The number of urea groups is 2. The second-order valence-corrected chi connectivity index (χ2v) is 21.5.